The molecular formula is C21H26ClN3O2. The van der Waals surface area contributed by atoms with Crippen molar-refractivity contribution < 1.29 is 9.90 Å². The molecule has 1 fully saturated rings. The van der Waals surface area contributed by atoms with Crippen molar-refractivity contribution in [2.75, 3.05) is 37.6 Å². The van der Waals surface area contributed by atoms with E-state index in [0.717, 1.165) is 11.3 Å². The van der Waals surface area contributed by atoms with Crippen molar-refractivity contribution in [3.8, 4) is 5.75 Å². The molecule has 3 rings (SSSR count). The largest absolute Gasteiger partial charge is 0.506 e. The zero-order chi connectivity index (χ0) is 19.4. The third kappa shape index (κ3) is 4.66. The highest BCUT2D eigenvalue weighted by Crippen LogP contribution is 2.27. The molecule has 2 aromatic carbocycles. The summed E-state index contributed by atoms with van der Waals surface area (Å²) in [5.41, 5.74) is 1.77. The van der Waals surface area contributed by atoms with Crippen molar-refractivity contribution in [3.63, 3.8) is 0 Å². The third-order valence-electron chi connectivity index (χ3n) is 5.10. The number of carbonyl (C=O) groups is 1. The van der Waals surface area contributed by atoms with Gasteiger partial charge in [0.15, 0.2) is 0 Å². The van der Waals surface area contributed by atoms with Crippen LogP contribution in [0.25, 0.3) is 0 Å². The van der Waals surface area contributed by atoms with Crippen LogP contribution in [0.1, 0.15) is 19.4 Å². The second kappa shape index (κ2) is 8.09. The number of para-hydroxylation sites is 2. The zero-order valence-corrected chi connectivity index (χ0v) is 16.5. The van der Waals surface area contributed by atoms with Crippen LogP contribution < -0.4 is 10.2 Å². The van der Waals surface area contributed by atoms with E-state index in [9.17, 15) is 9.90 Å². The molecule has 0 bridgehead atoms. The third-order valence-corrected chi connectivity index (χ3v) is 5.35. The Labute approximate surface area is 165 Å². The minimum atomic E-state index is -0.183. The molecular weight excluding hydrogens is 362 g/mol. The number of hydrogen-bond donors (Lipinski definition) is 2. The zero-order valence-electron chi connectivity index (χ0n) is 15.8. The molecule has 1 saturated heterocycles. The van der Waals surface area contributed by atoms with Gasteiger partial charge in [-0.2, -0.15) is 0 Å². The normalized spacial score (nSPS) is 14.9. The summed E-state index contributed by atoms with van der Waals surface area (Å²) in [4.78, 5) is 16.5. The molecule has 2 aromatic rings. The Hall–Kier alpha value is -2.40. The fourth-order valence-electron chi connectivity index (χ4n) is 3.29. The average molecular weight is 388 g/mol. The molecule has 1 aliphatic heterocycles. The number of amides is 2. The Morgan fingerprint density at radius 3 is 2.33 bits per heavy atom. The number of piperazine rings is 1. The highest BCUT2D eigenvalue weighted by molar-refractivity contribution is 6.30. The molecule has 1 aliphatic rings. The van der Waals surface area contributed by atoms with Crippen molar-refractivity contribution in [2.45, 2.75) is 19.3 Å². The Balaban J connectivity index is 1.52. The lowest BCUT2D eigenvalue weighted by Crippen LogP contribution is -2.53. The first-order valence-electron chi connectivity index (χ1n) is 9.18. The van der Waals surface area contributed by atoms with E-state index in [-0.39, 0.29) is 17.2 Å². The standard InChI is InChI=1S/C21H26ClN3O2/c1-21(2,16-7-9-17(22)10-8-16)15-23-20(27)25-13-11-24(12-14-25)18-5-3-4-6-19(18)26/h3-10,26H,11-15H2,1-2H3,(H,23,27). The lowest BCUT2D eigenvalue weighted by Gasteiger charge is -2.37. The van der Waals surface area contributed by atoms with Crippen LogP contribution in [0.2, 0.25) is 5.02 Å². The van der Waals surface area contributed by atoms with E-state index in [2.05, 4.69) is 24.1 Å². The average Bonchev–Trinajstić information content (AvgIpc) is 2.67. The predicted molar refractivity (Wildman–Crippen MR) is 110 cm³/mol. The van der Waals surface area contributed by atoms with E-state index in [1.807, 2.05) is 47.4 Å². The highest BCUT2D eigenvalue weighted by atomic mass is 35.5. The number of phenols is 1. The van der Waals surface area contributed by atoms with Gasteiger partial charge in [0, 0.05) is 43.2 Å². The van der Waals surface area contributed by atoms with Gasteiger partial charge in [-0.05, 0) is 29.8 Å². The van der Waals surface area contributed by atoms with Gasteiger partial charge in [-0.3, -0.25) is 0 Å². The summed E-state index contributed by atoms with van der Waals surface area (Å²) >= 11 is 5.96. The molecule has 0 aliphatic carbocycles. The summed E-state index contributed by atoms with van der Waals surface area (Å²) < 4.78 is 0. The van der Waals surface area contributed by atoms with Gasteiger partial charge in [0.2, 0.25) is 0 Å². The van der Waals surface area contributed by atoms with E-state index >= 15 is 0 Å². The van der Waals surface area contributed by atoms with Gasteiger partial charge in [-0.25, -0.2) is 4.79 Å². The molecule has 5 nitrogen and oxygen atoms in total. The SMILES string of the molecule is CC(C)(CNC(=O)N1CCN(c2ccccc2O)CC1)c1ccc(Cl)cc1. The van der Waals surface area contributed by atoms with Crippen LogP contribution in [-0.4, -0.2) is 48.8 Å². The van der Waals surface area contributed by atoms with Crippen LogP contribution in [0.15, 0.2) is 48.5 Å². The van der Waals surface area contributed by atoms with Gasteiger partial charge in [-0.15, -0.1) is 0 Å². The van der Waals surface area contributed by atoms with E-state index in [0.29, 0.717) is 37.7 Å². The van der Waals surface area contributed by atoms with Crippen LogP contribution >= 0.6 is 11.6 Å². The molecule has 2 amide bonds. The molecule has 27 heavy (non-hydrogen) atoms. The second-order valence-electron chi connectivity index (χ2n) is 7.51. The van der Waals surface area contributed by atoms with Gasteiger partial charge in [0.05, 0.1) is 5.69 Å². The first kappa shape index (κ1) is 19.4. The Morgan fingerprint density at radius 1 is 1.07 bits per heavy atom. The van der Waals surface area contributed by atoms with E-state index in [1.165, 1.54) is 0 Å². The number of rotatable bonds is 4. The number of benzene rings is 2. The predicted octanol–water partition coefficient (Wildman–Crippen LogP) is 3.86. The van der Waals surface area contributed by atoms with E-state index < -0.39 is 0 Å². The topological polar surface area (TPSA) is 55.8 Å². The number of aromatic hydroxyl groups is 1. The molecule has 0 atom stereocenters. The molecule has 144 valence electrons. The van der Waals surface area contributed by atoms with Gasteiger partial charge in [0.1, 0.15) is 5.75 Å². The minimum Gasteiger partial charge on any atom is -0.506 e. The molecule has 0 unspecified atom stereocenters. The fourth-order valence-corrected chi connectivity index (χ4v) is 3.42. The highest BCUT2D eigenvalue weighted by Gasteiger charge is 2.25. The number of phenolic OH excluding ortho intramolecular Hbond substituents is 1. The van der Waals surface area contributed by atoms with Crippen molar-refractivity contribution in [1.82, 2.24) is 10.2 Å². The molecule has 6 heteroatoms. The number of halogens is 1. The second-order valence-corrected chi connectivity index (χ2v) is 7.95. The smallest absolute Gasteiger partial charge is 0.317 e. The molecule has 0 radical (unpaired) electrons. The summed E-state index contributed by atoms with van der Waals surface area (Å²) in [5, 5.41) is 13.8. The number of anilines is 1. The number of hydrogen-bond acceptors (Lipinski definition) is 3. The molecule has 0 aromatic heterocycles. The summed E-state index contributed by atoms with van der Waals surface area (Å²) in [6, 6.07) is 15.0. The number of carbonyl (C=O) groups excluding carboxylic acids is 1. The maximum absolute atomic E-state index is 12.6. The lowest BCUT2D eigenvalue weighted by atomic mass is 9.85. The maximum atomic E-state index is 12.6. The van der Waals surface area contributed by atoms with Gasteiger partial charge >= 0.3 is 6.03 Å². The van der Waals surface area contributed by atoms with Crippen LogP contribution in [0.4, 0.5) is 10.5 Å². The summed E-state index contributed by atoms with van der Waals surface area (Å²) in [6.45, 7) is 7.41. The lowest BCUT2D eigenvalue weighted by molar-refractivity contribution is 0.192. The van der Waals surface area contributed by atoms with Gasteiger partial charge < -0.3 is 20.2 Å². The first-order valence-corrected chi connectivity index (χ1v) is 9.56. The maximum Gasteiger partial charge on any atom is 0.317 e. The van der Waals surface area contributed by atoms with Gasteiger partial charge in [0.25, 0.3) is 0 Å². The molecule has 0 saturated carbocycles. The summed E-state index contributed by atoms with van der Waals surface area (Å²) in [6.07, 6.45) is 0. The van der Waals surface area contributed by atoms with Crippen LogP contribution in [-0.2, 0) is 5.41 Å². The Kier molecular flexibility index (Phi) is 5.80. The number of nitrogens with one attached hydrogen (secondary N) is 1. The Bertz CT molecular complexity index is 784. The van der Waals surface area contributed by atoms with Crippen molar-refractivity contribution in [3.05, 3.63) is 59.1 Å². The molecule has 2 N–H and O–H groups in total. The number of nitrogens with zero attached hydrogens (tertiary/aromatic N) is 2. The van der Waals surface area contributed by atoms with Crippen molar-refractivity contribution >= 4 is 23.3 Å². The van der Waals surface area contributed by atoms with Crippen LogP contribution in [0, 0.1) is 0 Å². The minimum absolute atomic E-state index is 0.0472. The van der Waals surface area contributed by atoms with Crippen molar-refractivity contribution in [1.29, 1.82) is 0 Å². The van der Waals surface area contributed by atoms with Crippen molar-refractivity contribution in [2.24, 2.45) is 0 Å². The first-order chi connectivity index (χ1) is 12.9. The summed E-state index contributed by atoms with van der Waals surface area (Å²) in [5.74, 6) is 0.278. The van der Waals surface area contributed by atoms with E-state index in [4.69, 9.17) is 11.6 Å². The quantitative estimate of drug-likeness (QED) is 0.837. The van der Waals surface area contributed by atoms with Crippen LogP contribution in [0.3, 0.4) is 0 Å². The molecule has 1 heterocycles. The van der Waals surface area contributed by atoms with E-state index in [1.54, 1.807) is 6.07 Å². The Morgan fingerprint density at radius 2 is 1.70 bits per heavy atom. The molecule has 0 spiro atoms. The number of urea groups is 1. The van der Waals surface area contributed by atoms with Gasteiger partial charge in [-0.1, -0.05) is 49.7 Å². The van der Waals surface area contributed by atoms with Crippen LogP contribution in [0.5, 0.6) is 5.75 Å². The summed E-state index contributed by atoms with van der Waals surface area (Å²) in [7, 11) is 0. The monoisotopic (exact) mass is 387 g/mol. The fraction of sp³-hybridized carbons (Fsp3) is 0.381.